The highest BCUT2D eigenvalue weighted by atomic mass is 16.5. The van der Waals surface area contributed by atoms with E-state index in [0.717, 1.165) is 6.42 Å². The molecule has 126 valence electrons. The fraction of sp³-hybridized carbons (Fsp3) is 0.600. The number of aromatic nitrogens is 1. The van der Waals surface area contributed by atoms with E-state index in [1.165, 1.54) is 35.7 Å². The fourth-order valence-corrected chi connectivity index (χ4v) is 4.33. The SMILES string of the molecule is COC1CCCC1NC(C)CC(C)(C)c1c[nH]c2ccccc12. The third-order valence-corrected chi connectivity index (χ3v) is 5.39. The summed E-state index contributed by atoms with van der Waals surface area (Å²) in [6, 6.07) is 9.56. The Labute approximate surface area is 139 Å². The van der Waals surface area contributed by atoms with E-state index in [4.69, 9.17) is 4.74 Å². The Kier molecular flexibility index (Phi) is 4.79. The molecule has 1 aliphatic carbocycles. The van der Waals surface area contributed by atoms with E-state index in [2.05, 4.69) is 61.5 Å². The summed E-state index contributed by atoms with van der Waals surface area (Å²) in [6.07, 6.45) is 7.37. The number of benzene rings is 1. The molecule has 3 nitrogen and oxygen atoms in total. The van der Waals surface area contributed by atoms with E-state index in [-0.39, 0.29) is 5.41 Å². The molecule has 0 amide bonds. The molecule has 0 bridgehead atoms. The lowest BCUT2D eigenvalue weighted by molar-refractivity contribution is 0.0806. The highest BCUT2D eigenvalue weighted by Crippen LogP contribution is 2.34. The van der Waals surface area contributed by atoms with Gasteiger partial charge in [0.05, 0.1) is 6.10 Å². The van der Waals surface area contributed by atoms with Gasteiger partial charge in [0.15, 0.2) is 0 Å². The third-order valence-electron chi connectivity index (χ3n) is 5.39. The molecule has 0 spiro atoms. The standard InChI is InChI=1S/C20H30N2O/c1-14(22-18-10-7-11-19(18)23-4)12-20(2,3)16-13-21-17-9-6-5-8-15(16)17/h5-6,8-9,13-14,18-19,21-22H,7,10-12H2,1-4H3. The number of ether oxygens (including phenoxy) is 1. The van der Waals surface area contributed by atoms with Gasteiger partial charge >= 0.3 is 0 Å². The molecule has 1 aromatic heterocycles. The molecule has 1 heterocycles. The number of aromatic amines is 1. The van der Waals surface area contributed by atoms with E-state index >= 15 is 0 Å². The summed E-state index contributed by atoms with van der Waals surface area (Å²) in [5.41, 5.74) is 2.77. The number of rotatable bonds is 6. The van der Waals surface area contributed by atoms with Crippen LogP contribution in [0.1, 0.15) is 52.0 Å². The van der Waals surface area contributed by atoms with Crippen LogP contribution in [0, 0.1) is 0 Å². The van der Waals surface area contributed by atoms with Gasteiger partial charge in [-0.05, 0) is 49.7 Å². The highest BCUT2D eigenvalue weighted by molar-refractivity contribution is 5.84. The van der Waals surface area contributed by atoms with Crippen molar-refractivity contribution in [3.8, 4) is 0 Å². The Morgan fingerprint density at radius 3 is 2.87 bits per heavy atom. The van der Waals surface area contributed by atoms with E-state index in [0.29, 0.717) is 18.2 Å². The van der Waals surface area contributed by atoms with Crippen molar-refractivity contribution < 1.29 is 4.74 Å². The average Bonchev–Trinajstić information content (AvgIpc) is 3.12. The Hall–Kier alpha value is -1.32. The Bertz CT molecular complexity index is 646. The molecule has 0 aliphatic heterocycles. The summed E-state index contributed by atoms with van der Waals surface area (Å²) in [5, 5.41) is 5.16. The molecule has 1 fully saturated rings. The highest BCUT2D eigenvalue weighted by Gasteiger charge is 2.31. The van der Waals surface area contributed by atoms with Gasteiger partial charge in [-0.3, -0.25) is 0 Å². The van der Waals surface area contributed by atoms with Gasteiger partial charge in [-0.25, -0.2) is 0 Å². The third kappa shape index (κ3) is 3.46. The number of hydrogen-bond acceptors (Lipinski definition) is 2. The van der Waals surface area contributed by atoms with Gasteiger partial charge in [0, 0.05) is 36.3 Å². The molecule has 1 aliphatic rings. The van der Waals surface area contributed by atoms with Crippen molar-refractivity contribution in [1.29, 1.82) is 0 Å². The molecule has 3 rings (SSSR count). The van der Waals surface area contributed by atoms with Gasteiger partial charge in [-0.1, -0.05) is 32.0 Å². The van der Waals surface area contributed by atoms with Crippen LogP contribution in [0.25, 0.3) is 10.9 Å². The summed E-state index contributed by atoms with van der Waals surface area (Å²) >= 11 is 0. The van der Waals surface area contributed by atoms with Crippen LogP contribution >= 0.6 is 0 Å². The molecule has 3 atom stereocenters. The minimum atomic E-state index is 0.132. The van der Waals surface area contributed by atoms with E-state index < -0.39 is 0 Å². The maximum Gasteiger partial charge on any atom is 0.0724 e. The van der Waals surface area contributed by atoms with Crippen molar-refractivity contribution in [3.63, 3.8) is 0 Å². The van der Waals surface area contributed by atoms with E-state index in [1.54, 1.807) is 0 Å². The van der Waals surface area contributed by atoms with Gasteiger partial charge in [-0.15, -0.1) is 0 Å². The van der Waals surface area contributed by atoms with Crippen LogP contribution in [0.15, 0.2) is 30.5 Å². The molecular weight excluding hydrogens is 284 g/mol. The molecule has 0 saturated heterocycles. The maximum atomic E-state index is 5.62. The van der Waals surface area contributed by atoms with Gasteiger partial charge in [0.25, 0.3) is 0 Å². The van der Waals surface area contributed by atoms with Crippen molar-refractivity contribution in [1.82, 2.24) is 10.3 Å². The zero-order chi connectivity index (χ0) is 16.4. The smallest absolute Gasteiger partial charge is 0.0724 e. The lowest BCUT2D eigenvalue weighted by atomic mass is 9.79. The first-order valence-electron chi connectivity index (χ1n) is 8.86. The minimum absolute atomic E-state index is 0.132. The number of para-hydroxylation sites is 1. The predicted molar refractivity (Wildman–Crippen MR) is 97.0 cm³/mol. The predicted octanol–water partition coefficient (Wildman–Crippen LogP) is 4.38. The first-order valence-corrected chi connectivity index (χ1v) is 8.86. The van der Waals surface area contributed by atoms with Crippen LogP contribution in [-0.4, -0.2) is 30.3 Å². The van der Waals surface area contributed by atoms with Crippen LogP contribution in [0.2, 0.25) is 0 Å². The molecule has 2 aromatic rings. The quantitative estimate of drug-likeness (QED) is 0.830. The van der Waals surface area contributed by atoms with Crippen molar-refractivity contribution in [2.24, 2.45) is 0 Å². The Morgan fingerprint density at radius 1 is 1.30 bits per heavy atom. The molecule has 1 saturated carbocycles. The number of nitrogens with one attached hydrogen (secondary N) is 2. The van der Waals surface area contributed by atoms with Crippen LogP contribution < -0.4 is 5.32 Å². The molecule has 1 aromatic carbocycles. The number of fused-ring (bicyclic) bond motifs is 1. The summed E-state index contributed by atoms with van der Waals surface area (Å²) in [7, 11) is 1.84. The maximum absolute atomic E-state index is 5.62. The van der Waals surface area contributed by atoms with Crippen LogP contribution in [0.4, 0.5) is 0 Å². The molecule has 3 unspecified atom stereocenters. The van der Waals surface area contributed by atoms with Crippen LogP contribution in [-0.2, 0) is 10.2 Å². The Morgan fingerprint density at radius 2 is 2.09 bits per heavy atom. The van der Waals surface area contributed by atoms with Crippen molar-refractivity contribution in [2.75, 3.05) is 7.11 Å². The zero-order valence-electron chi connectivity index (χ0n) is 14.9. The summed E-state index contributed by atoms with van der Waals surface area (Å²) in [4.78, 5) is 3.42. The second kappa shape index (κ2) is 6.66. The molecule has 0 radical (unpaired) electrons. The number of methoxy groups -OCH3 is 1. The molecular formula is C20H30N2O. The summed E-state index contributed by atoms with van der Waals surface area (Å²) in [5.74, 6) is 0. The normalized spacial score (nSPS) is 23.5. The molecule has 23 heavy (non-hydrogen) atoms. The minimum Gasteiger partial charge on any atom is -0.380 e. The van der Waals surface area contributed by atoms with Gasteiger partial charge in [0.2, 0.25) is 0 Å². The lowest BCUT2D eigenvalue weighted by Crippen LogP contribution is -2.44. The van der Waals surface area contributed by atoms with Gasteiger partial charge in [-0.2, -0.15) is 0 Å². The molecule has 3 heteroatoms. The largest absolute Gasteiger partial charge is 0.380 e. The van der Waals surface area contributed by atoms with Gasteiger partial charge in [0.1, 0.15) is 0 Å². The zero-order valence-corrected chi connectivity index (χ0v) is 14.9. The first-order chi connectivity index (χ1) is 11.0. The van der Waals surface area contributed by atoms with Crippen LogP contribution in [0.5, 0.6) is 0 Å². The second-order valence-corrected chi connectivity index (χ2v) is 7.72. The number of hydrogen-bond donors (Lipinski definition) is 2. The first kappa shape index (κ1) is 16.5. The average molecular weight is 314 g/mol. The summed E-state index contributed by atoms with van der Waals surface area (Å²) in [6.45, 7) is 7.01. The second-order valence-electron chi connectivity index (χ2n) is 7.72. The van der Waals surface area contributed by atoms with E-state index in [1.807, 2.05) is 7.11 Å². The van der Waals surface area contributed by atoms with Crippen molar-refractivity contribution in [2.45, 2.75) is 70.1 Å². The van der Waals surface area contributed by atoms with Crippen molar-refractivity contribution in [3.05, 3.63) is 36.0 Å². The monoisotopic (exact) mass is 314 g/mol. The Balaban J connectivity index is 1.70. The topological polar surface area (TPSA) is 37.0 Å². The fourth-order valence-electron chi connectivity index (χ4n) is 4.33. The van der Waals surface area contributed by atoms with Gasteiger partial charge < -0.3 is 15.0 Å². The summed E-state index contributed by atoms with van der Waals surface area (Å²) < 4.78 is 5.62. The number of H-pyrrole nitrogens is 1. The van der Waals surface area contributed by atoms with Crippen molar-refractivity contribution >= 4 is 10.9 Å². The molecule has 2 N–H and O–H groups in total. The van der Waals surface area contributed by atoms with Crippen LogP contribution in [0.3, 0.4) is 0 Å². The lowest BCUT2D eigenvalue weighted by Gasteiger charge is -2.31. The van der Waals surface area contributed by atoms with E-state index in [9.17, 15) is 0 Å².